The van der Waals surface area contributed by atoms with E-state index in [4.69, 9.17) is 4.74 Å². The van der Waals surface area contributed by atoms with Crippen molar-refractivity contribution in [3.63, 3.8) is 0 Å². The molecule has 0 heterocycles. The summed E-state index contributed by atoms with van der Waals surface area (Å²) in [5.74, 6) is -0.0869. The van der Waals surface area contributed by atoms with Crippen molar-refractivity contribution in [2.75, 3.05) is 12.4 Å². The van der Waals surface area contributed by atoms with Crippen molar-refractivity contribution in [3.8, 4) is 0 Å². The number of nitrogens with one attached hydrogen (secondary N) is 1. The van der Waals surface area contributed by atoms with Gasteiger partial charge in [-0.3, -0.25) is 4.79 Å². The minimum absolute atomic E-state index is 0.00482. The molecule has 2 atom stereocenters. The van der Waals surface area contributed by atoms with Crippen molar-refractivity contribution in [1.82, 2.24) is 0 Å². The lowest BCUT2D eigenvalue weighted by molar-refractivity contribution is -0.145. The predicted octanol–water partition coefficient (Wildman–Crippen LogP) is 2.44. The Balaban J connectivity index is 2.01. The number of rotatable bonds is 3. The largest absolute Gasteiger partial charge is 0.469 e. The van der Waals surface area contributed by atoms with E-state index in [0.29, 0.717) is 0 Å². The lowest BCUT2D eigenvalue weighted by Gasteiger charge is -2.20. The SMILES string of the molecule is COC(=O)[C@H]1CCC[C@@H]1Nc1ccccc1. The molecule has 86 valence electrons. The molecule has 1 aliphatic rings. The number of hydrogen-bond acceptors (Lipinski definition) is 3. The normalized spacial score (nSPS) is 24.1. The van der Waals surface area contributed by atoms with Gasteiger partial charge in [-0.2, -0.15) is 0 Å². The monoisotopic (exact) mass is 219 g/mol. The molecule has 1 aromatic rings. The zero-order valence-electron chi connectivity index (χ0n) is 9.48. The van der Waals surface area contributed by atoms with Crippen LogP contribution in [0.25, 0.3) is 0 Å². The van der Waals surface area contributed by atoms with Crippen LogP contribution in [0.3, 0.4) is 0 Å². The third-order valence-corrected chi connectivity index (χ3v) is 3.15. The lowest BCUT2D eigenvalue weighted by atomic mass is 10.0. The van der Waals surface area contributed by atoms with Gasteiger partial charge in [-0.1, -0.05) is 24.6 Å². The number of benzene rings is 1. The maximum atomic E-state index is 11.6. The molecule has 1 saturated carbocycles. The van der Waals surface area contributed by atoms with E-state index >= 15 is 0 Å². The highest BCUT2D eigenvalue weighted by molar-refractivity contribution is 5.74. The number of esters is 1. The molecule has 1 aromatic carbocycles. The Morgan fingerprint density at radius 1 is 1.31 bits per heavy atom. The second kappa shape index (κ2) is 5.01. The van der Waals surface area contributed by atoms with Crippen molar-refractivity contribution in [2.24, 2.45) is 5.92 Å². The minimum atomic E-state index is -0.0917. The van der Waals surface area contributed by atoms with E-state index < -0.39 is 0 Å². The van der Waals surface area contributed by atoms with Gasteiger partial charge in [0.1, 0.15) is 0 Å². The summed E-state index contributed by atoms with van der Waals surface area (Å²) < 4.78 is 4.82. The van der Waals surface area contributed by atoms with Crippen molar-refractivity contribution >= 4 is 11.7 Å². The van der Waals surface area contributed by atoms with E-state index in [0.717, 1.165) is 24.9 Å². The fraction of sp³-hybridized carbons (Fsp3) is 0.462. The van der Waals surface area contributed by atoms with Gasteiger partial charge in [0, 0.05) is 11.7 Å². The van der Waals surface area contributed by atoms with E-state index in [-0.39, 0.29) is 17.9 Å². The van der Waals surface area contributed by atoms with Crippen LogP contribution in [0.15, 0.2) is 30.3 Å². The molecule has 1 aliphatic carbocycles. The highest BCUT2D eigenvalue weighted by Gasteiger charge is 2.33. The molecule has 0 amide bonds. The van der Waals surface area contributed by atoms with E-state index in [1.165, 1.54) is 7.11 Å². The Hall–Kier alpha value is -1.51. The summed E-state index contributed by atoms with van der Waals surface area (Å²) in [6.45, 7) is 0. The average Bonchev–Trinajstić information content (AvgIpc) is 2.77. The summed E-state index contributed by atoms with van der Waals surface area (Å²) in [4.78, 5) is 11.6. The third kappa shape index (κ3) is 2.35. The molecule has 0 aromatic heterocycles. The van der Waals surface area contributed by atoms with E-state index in [2.05, 4.69) is 5.32 Å². The molecule has 0 radical (unpaired) electrons. The van der Waals surface area contributed by atoms with Gasteiger partial charge in [0.15, 0.2) is 0 Å². The molecule has 2 rings (SSSR count). The summed E-state index contributed by atoms with van der Waals surface area (Å²) in [5, 5.41) is 3.41. The number of hydrogen-bond donors (Lipinski definition) is 1. The maximum absolute atomic E-state index is 11.6. The fourth-order valence-electron chi connectivity index (χ4n) is 2.31. The van der Waals surface area contributed by atoms with Crippen LogP contribution in [0.5, 0.6) is 0 Å². The lowest BCUT2D eigenvalue weighted by Crippen LogP contribution is -2.30. The molecule has 3 heteroatoms. The van der Waals surface area contributed by atoms with Gasteiger partial charge in [0.05, 0.1) is 13.0 Å². The van der Waals surface area contributed by atoms with Gasteiger partial charge in [-0.15, -0.1) is 0 Å². The molecule has 0 saturated heterocycles. The first kappa shape index (κ1) is 11.0. The van der Waals surface area contributed by atoms with Crippen LogP contribution in [0.4, 0.5) is 5.69 Å². The quantitative estimate of drug-likeness (QED) is 0.793. The molecule has 0 unspecified atom stereocenters. The summed E-state index contributed by atoms with van der Waals surface area (Å²) in [5.41, 5.74) is 1.07. The molecule has 16 heavy (non-hydrogen) atoms. The standard InChI is InChI=1S/C13H17NO2/c1-16-13(15)11-8-5-9-12(11)14-10-6-3-2-4-7-10/h2-4,6-7,11-12,14H,5,8-9H2,1H3/t11-,12-/m0/s1. The molecule has 1 N–H and O–H groups in total. The first-order chi connectivity index (χ1) is 7.81. The van der Waals surface area contributed by atoms with Crippen molar-refractivity contribution in [2.45, 2.75) is 25.3 Å². The van der Waals surface area contributed by atoms with Crippen LogP contribution in [0.1, 0.15) is 19.3 Å². The molecule has 1 fully saturated rings. The Bertz CT molecular complexity index is 350. The van der Waals surface area contributed by atoms with Crippen LogP contribution in [-0.4, -0.2) is 19.1 Å². The third-order valence-electron chi connectivity index (χ3n) is 3.15. The molecular weight excluding hydrogens is 202 g/mol. The van der Waals surface area contributed by atoms with Gasteiger partial charge < -0.3 is 10.1 Å². The van der Waals surface area contributed by atoms with Gasteiger partial charge in [-0.05, 0) is 25.0 Å². The first-order valence-corrected chi connectivity index (χ1v) is 5.70. The van der Waals surface area contributed by atoms with E-state index in [1.54, 1.807) is 0 Å². The number of anilines is 1. The van der Waals surface area contributed by atoms with E-state index in [1.807, 2.05) is 30.3 Å². The zero-order chi connectivity index (χ0) is 11.4. The van der Waals surface area contributed by atoms with Crippen molar-refractivity contribution < 1.29 is 9.53 Å². The fourth-order valence-corrected chi connectivity index (χ4v) is 2.31. The first-order valence-electron chi connectivity index (χ1n) is 5.70. The molecule has 0 bridgehead atoms. The molecule has 0 aliphatic heterocycles. The second-order valence-corrected chi connectivity index (χ2v) is 4.18. The van der Waals surface area contributed by atoms with Gasteiger partial charge >= 0.3 is 5.97 Å². The van der Waals surface area contributed by atoms with Crippen LogP contribution in [0.2, 0.25) is 0 Å². The van der Waals surface area contributed by atoms with Crippen LogP contribution < -0.4 is 5.32 Å². The number of ether oxygens (including phenoxy) is 1. The Labute approximate surface area is 95.8 Å². The Kier molecular flexibility index (Phi) is 3.44. The average molecular weight is 219 g/mol. The number of carbonyl (C=O) groups excluding carboxylic acids is 1. The minimum Gasteiger partial charge on any atom is -0.469 e. The number of carbonyl (C=O) groups is 1. The van der Waals surface area contributed by atoms with Crippen molar-refractivity contribution in [3.05, 3.63) is 30.3 Å². The van der Waals surface area contributed by atoms with Crippen LogP contribution in [0, 0.1) is 5.92 Å². The smallest absolute Gasteiger partial charge is 0.310 e. The summed E-state index contributed by atoms with van der Waals surface area (Å²) in [7, 11) is 1.46. The highest BCUT2D eigenvalue weighted by atomic mass is 16.5. The summed E-state index contributed by atoms with van der Waals surface area (Å²) in [6, 6.07) is 10.2. The number of methoxy groups -OCH3 is 1. The molecular formula is C13H17NO2. The van der Waals surface area contributed by atoms with Crippen LogP contribution in [-0.2, 0) is 9.53 Å². The Morgan fingerprint density at radius 3 is 2.75 bits per heavy atom. The van der Waals surface area contributed by atoms with Gasteiger partial charge in [0.25, 0.3) is 0 Å². The van der Waals surface area contributed by atoms with E-state index in [9.17, 15) is 4.79 Å². The van der Waals surface area contributed by atoms with Crippen LogP contribution >= 0.6 is 0 Å². The summed E-state index contributed by atoms with van der Waals surface area (Å²) >= 11 is 0. The zero-order valence-corrected chi connectivity index (χ0v) is 9.48. The molecule has 3 nitrogen and oxygen atoms in total. The summed E-state index contributed by atoms with van der Waals surface area (Å²) in [6.07, 6.45) is 3.05. The molecule has 0 spiro atoms. The predicted molar refractivity (Wildman–Crippen MR) is 63.2 cm³/mol. The van der Waals surface area contributed by atoms with Crippen molar-refractivity contribution in [1.29, 1.82) is 0 Å². The maximum Gasteiger partial charge on any atom is 0.310 e. The topological polar surface area (TPSA) is 38.3 Å². The Morgan fingerprint density at radius 2 is 2.06 bits per heavy atom. The highest BCUT2D eigenvalue weighted by Crippen LogP contribution is 2.29. The van der Waals surface area contributed by atoms with Gasteiger partial charge in [0.2, 0.25) is 0 Å². The van der Waals surface area contributed by atoms with Gasteiger partial charge in [-0.25, -0.2) is 0 Å². The number of para-hydroxylation sites is 1. The second-order valence-electron chi connectivity index (χ2n) is 4.18.